The average Bonchev–Trinajstić information content (AvgIpc) is 2.45. The molecule has 0 heterocycles. The SMILES string of the molecule is CCCC(Cc1ccc(Br)cc1)C(=O)N[C@H](C(=O)O)C(C)C. The van der Waals surface area contributed by atoms with Gasteiger partial charge in [-0.3, -0.25) is 4.79 Å². The highest BCUT2D eigenvalue weighted by molar-refractivity contribution is 9.10. The average molecular weight is 370 g/mol. The molecule has 1 rings (SSSR count). The van der Waals surface area contributed by atoms with Crippen molar-refractivity contribution in [2.45, 2.75) is 46.1 Å². The summed E-state index contributed by atoms with van der Waals surface area (Å²) in [6.07, 6.45) is 2.25. The van der Waals surface area contributed by atoms with Gasteiger partial charge >= 0.3 is 5.97 Å². The van der Waals surface area contributed by atoms with Crippen molar-refractivity contribution in [2.24, 2.45) is 11.8 Å². The number of carbonyl (C=O) groups is 2. The van der Waals surface area contributed by atoms with Crippen LogP contribution < -0.4 is 5.32 Å². The van der Waals surface area contributed by atoms with Crippen LogP contribution in [0, 0.1) is 11.8 Å². The minimum atomic E-state index is -0.984. The van der Waals surface area contributed by atoms with Crippen molar-refractivity contribution in [3.63, 3.8) is 0 Å². The highest BCUT2D eigenvalue weighted by Crippen LogP contribution is 2.18. The van der Waals surface area contributed by atoms with Crippen molar-refractivity contribution >= 4 is 27.8 Å². The van der Waals surface area contributed by atoms with Crippen molar-refractivity contribution < 1.29 is 14.7 Å². The molecule has 0 aliphatic rings. The Balaban J connectivity index is 2.78. The molecule has 0 aliphatic heterocycles. The van der Waals surface area contributed by atoms with Gasteiger partial charge in [0, 0.05) is 10.4 Å². The van der Waals surface area contributed by atoms with Crippen LogP contribution in [0.5, 0.6) is 0 Å². The molecule has 0 saturated heterocycles. The smallest absolute Gasteiger partial charge is 0.326 e. The molecule has 0 aliphatic carbocycles. The van der Waals surface area contributed by atoms with Gasteiger partial charge in [0.25, 0.3) is 0 Å². The lowest BCUT2D eigenvalue weighted by atomic mass is 9.93. The van der Waals surface area contributed by atoms with Gasteiger partial charge in [-0.2, -0.15) is 0 Å². The molecule has 0 spiro atoms. The summed E-state index contributed by atoms with van der Waals surface area (Å²) >= 11 is 3.39. The monoisotopic (exact) mass is 369 g/mol. The van der Waals surface area contributed by atoms with Gasteiger partial charge in [0.1, 0.15) is 6.04 Å². The normalized spacial score (nSPS) is 13.7. The molecule has 0 radical (unpaired) electrons. The van der Waals surface area contributed by atoms with Crippen LogP contribution in [0.3, 0.4) is 0 Å². The van der Waals surface area contributed by atoms with Gasteiger partial charge in [-0.15, -0.1) is 0 Å². The first-order valence-electron chi connectivity index (χ1n) is 7.62. The zero-order chi connectivity index (χ0) is 16.7. The van der Waals surface area contributed by atoms with Crippen molar-refractivity contribution in [1.82, 2.24) is 5.32 Å². The van der Waals surface area contributed by atoms with E-state index in [0.29, 0.717) is 6.42 Å². The molecule has 1 amide bonds. The molecular weight excluding hydrogens is 346 g/mol. The van der Waals surface area contributed by atoms with E-state index in [4.69, 9.17) is 0 Å². The van der Waals surface area contributed by atoms with E-state index < -0.39 is 12.0 Å². The summed E-state index contributed by atoms with van der Waals surface area (Å²) in [6, 6.07) is 7.03. The number of rotatable bonds is 8. The molecule has 1 aromatic carbocycles. The summed E-state index contributed by atoms with van der Waals surface area (Å²) in [6.45, 7) is 5.62. The summed E-state index contributed by atoms with van der Waals surface area (Å²) < 4.78 is 0.999. The third-order valence-electron chi connectivity index (χ3n) is 3.63. The number of carboxylic acid groups (broad SMARTS) is 1. The molecule has 22 heavy (non-hydrogen) atoms. The van der Waals surface area contributed by atoms with Crippen LogP contribution in [0.15, 0.2) is 28.7 Å². The molecule has 122 valence electrons. The Morgan fingerprint density at radius 3 is 2.27 bits per heavy atom. The van der Waals surface area contributed by atoms with Gasteiger partial charge in [0.15, 0.2) is 0 Å². The lowest BCUT2D eigenvalue weighted by Crippen LogP contribution is -2.47. The third kappa shape index (κ3) is 5.79. The summed E-state index contributed by atoms with van der Waals surface area (Å²) in [7, 11) is 0. The number of hydrogen-bond acceptors (Lipinski definition) is 2. The van der Waals surface area contributed by atoms with Crippen molar-refractivity contribution in [1.29, 1.82) is 0 Å². The first-order chi connectivity index (χ1) is 10.3. The molecule has 0 bridgehead atoms. The molecule has 0 saturated carbocycles. The molecular formula is C17H24BrNO3. The van der Waals surface area contributed by atoms with E-state index in [2.05, 4.69) is 21.2 Å². The topological polar surface area (TPSA) is 66.4 Å². The first-order valence-corrected chi connectivity index (χ1v) is 8.42. The van der Waals surface area contributed by atoms with E-state index in [-0.39, 0.29) is 17.7 Å². The van der Waals surface area contributed by atoms with E-state index in [1.54, 1.807) is 13.8 Å². The number of amides is 1. The maximum absolute atomic E-state index is 12.4. The van der Waals surface area contributed by atoms with Crippen LogP contribution in [-0.2, 0) is 16.0 Å². The first kappa shape index (κ1) is 18.7. The summed E-state index contributed by atoms with van der Waals surface area (Å²) in [5, 5.41) is 11.9. The molecule has 1 unspecified atom stereocenters. The Morgan fingerprint density at radius 1 is 1.23 bits per heavy atom. The number of benzene rings is 1. The zero-order valence-electron chi connectivity index (χ0n) is 13.3. The Kier molecular flexibility index (Phi) is 7.59. The predicted molar refractivity (Wildman–Crippen MR) is 90.6 cm³/mol. The number of halogens is 1. The molecule has 1 aromatic rings. The van der Waals surface area contributed by atoms with Crippen LogP contribution in [0.25, 0.3) is 0 Å². The van der Waals surface area contributed by atoms with E-state index >= 15 is 0 Å². The minimum Gasteiger partial charge on any atom is -0.480 e. The van der Waals surface area contributed by atoms with Gasteiger partial charge in [-0.1, -0.05) is 55.3 Å². The van der Waals surface area contributed by atoms with Gasteiger partial charge in [0.05, 0.1) is 0 Å². The standard InChI is InChI=1S/C17H24BrNO3/c1-4-5-13(10-12-6-8-14(18)9-7-12)16(20)19-15(11(2)3)17(21)22/h6-9,11,13,15H,4-5,10H2,1-3H3,(H,19,20)(H,21,22)/t13?,15-/m0/s1. The van der Waals surface area contributed by atoms with E-state index in [0.717, 1.165) is 22.9 Å². The molecule has 4 nitrogen and oxygen atoms in total. The second kappa shape index (κ2) is 8.93. The second-order valence-corrected chi connectivity index (χ2v) is 6.80. The highest BCUT2D eigenvalue weighted by Gasteiger charge is 2.27. The number of aliphatic carboxylic acids is 1. The Hall–Kier alpha value is -1.36. The van der Waals surface area contributed by atoms with Crippen molar-refractivity contribution in [3.05, 3.63) is 34.3 Å². The fourth-order valence-corrected chi connectivity index (χ4v) is 2.63. The summed E-state index contributed by atoms with van der Waals surface area (Å²) in [5.74, 6) is -1.50. The summed E-state index contributed by atoms with van der Waals surface area (Å²) in [4.78, 5) is 23.7. The van der Waals surface area contributed by atoms with E-state index in [1.807, 2.05) is 31.2 Å². The van der Waals surface area contributed by atoms with Crippen LogP contribution in [0.4, 0.5) is 0 Å². The van der Waals surface area contributed by atoms with Crippen LogP contribution in [0.2, 0.25) is 0 Å². The van der Waals surface area contributed by atoms with Gasteiger partial charge < -0.3 is 10.4 Å². The van der Waals surface area contributed by atoms with Crippen molar-refractivity contribution in [2.75, 3.05) is 0 Å². The summed E-state index contributed by atoms with van der Waals surface area (Å²) in [5.41, 5.74) is 1.08. The molecule has 0 aromatic heterocycles. The van der Waals surface area contributed by atoms with Gasteiger partial charge in [0.2, 0.25) is 5.91 Å². The zero-order valence-corrected chi connectivity index (χ0v) is 14.9. The quantitative estimate of drug-likeness (QED) is 0.734. The minimum absolute atomic E-state index is 0.142. The van der Waals surface area contributed by atoms with E-state index in [9.17, 15) is 14.7 Å². The van der Waals surface area contributed by atoms with E-state index in [1.165, 1.54) is 0 Å². The van der Waals surface area contributed by atoms with Crippen LogP contribution in [-0.4, -0.2) is 23.0 Å². The molecule has 2 N–H and O–H groups in total. The van der Waals surface area contributed by atoms with Crippen molar-refractivity contribution in [3.8, 4) is 0 Å². The fourth-order valence-electron chi connectivity index (χ4n) is 2.36. The second-order valence-electron chi connectivity index (χ2n) is 5.88. The van der Waals surface area contributed by atoms with Crippen LogP contribution in [0.1, 0.15) is 39.2 Å². The van der Waals surface area contributed by atoms with Gasteiger partial charge in [-0.25, -0.2) is 4.79 Å². The maximum Gasteiger partial charge on any atom is 0.326 e. The molecule has 0 fully saturated rings. The number of carboxylic acids is 1. The number of carbonyl (C=O) groups excluding carboxylic acids is 1. The lowest BCUT2D eigenvalue weighted by molar-refractivity contribution is -0.143. The third-order valence-corrected chi connectivity index (χ3v) is 4.16. The largest absolute Gasteiger partial charge is 0.480 e. The maximum atomic E-state index is 12.4. The number of nitrogens with one attached hydrogen (secondary N) is 1. The van der Waals surface area contributed by atoms with Crippen LogP contribution >= 0.6 is 15.9 Å². The Morgan fingerprint density at radius 2 is 1.82 bits per heavy atom. The molecule has 5 heteroatoms. The number of hydrogen-bond donors (Lipinski definition) is 2. The Labute approximate surface area is 140 Å². The Bertz CT molecular complexity index is 499. The van der Waals surface area contributed by atoms with Gasteiger partial charge in [-0.05, 0) is 36.5 Å². The lowest BCUT2D eigenvalue weighted by Gasteiger charge is -2.22. The predicted octanol–water partition coefficient (Wildman–Crippen LogP) is 3.63. The molecule has 2 atom stereocenters. The fraction of sp³-hybridized carbons (Fsp3) is 0.529. The highest BCUT2D eigenvalue weighted by atomic mass is 79.9.